The summed E-state index contributed by atoms with van der Waals surface area (Å²) in [6.07, 6.45) is 0.581. The highest BCUT2D eigenvalue weighted by Crippen LogP contribution is 2.25. The van der Waals surface area contributed by atoms with Crippen LogP contribution in [0.3, 0.4) is 0 Å². The maximum Gasteiger partial charge on any atom is 0.261 e. The zero-order chi connectivity index (χ0) is 21.3. The SMILES string of the molecule is Cc1cc(NS(=O)(=O)c2ccccc2)cc2[nH]c(Cc3ccc(C(=N)N)cc3)nc12. The molecule has 30 heavy (non-hydrogen) atoms. The van der Waals surface area contributed by atoms with Gasteiger partial charge in [-0.15, -0.1) is 0 Å². The van der Waals surface area contributed by atoms with Gasteiger partial charge in [0.05, 0.1) is 21.6 Å². The first kappa shape index (κ1) is 19.7. The van der Waals surface area contributed by atoms with Gasteiger partial charge in [0.25, 0.3) is 10.0 Å². The maximum absolute atomic E-state index is 12.6. The Labute approximate surface area is 174 Å². The fourth-order valence-corrected chi connectivity index (χ4v) is 4.35. The molecule has 7 nitrogen and oxygen atoms in total. The van der Waals surface area contributed by atoms with E-state index in [0.29, 0.717) is 17.7 Å². The Morgan fingerprint density at radius 3 is 2.47 bits per heavy atom. The predicted octanol–water partition coefficient (Wildman–Crippen LogP) is 3.55. The normalized spacial score (nSPS) is 11.5. The molecule has 1 heterocycles. The number of nitrogens with one attached hydrogen (secondary N) is 3. The molecule has 0 aliphatic carbocycles. The van der Waals surface area contributed by atoms with E-state index in [1.54, 1.807) is 42.5 Å². The number of nitrogens with two attached hydrogens (primary N) is 1. The zero-order valence-electron chi connectivity index (χ0n) is 16.3. The van der Waals surface area contributed by atoms with Gasteiger partial charge in [0.1, 0.15) is 11.7 Å². The molecule has 3 aromatic carbocycles. The molecule has 0 atom stereocenters. The van der Waals surface area contributed by atoms with Gasteiger partial charge in [-0.3, -0.25) is 10.1 Å². The first-order valence-corrected chi connectivity index (χ1v) is 10.8. The summed E-state index contributed by atoms with van der Waals surface area (Å²) in [5.74, 6) is 0.804. The number of hydrogen-bond acceptors (Lipinski definition) is 4. The molecule has 8 heteroatoms. The molecule has 152 valence electrons. The molecule has 0 fully saturated rings. The number of rotatable bonds is 6. The van der Waals surface area contributed by atoms with Crippen molar-refractivity contribution in [2.24, 2.45) is 5.73 Å². The molecule has 4 rings (SSSR count). The molecule has 0 amide bonds. The number of amidine groups is 1. The third kappa shape index (κ3) is 4.04. The van der Waals surface area contributed by atoms with Crippen LogP contribution in [0.5, 0.6) is 0 Å². The topological polar surface area (TPSA) is 125 Å². The number of aromatic amines is 1. The Bertz CT molecular complexity index is 1330. The van der Waals surface area contributed by atoms with Crippen LogP contribution >= 0.6 is 0 Å². The minimum Gasteiger partial charge on any atom is -0.384 e. The number of benzene rings is 3. The number of H-pyrrole nitrogens is 1. The predicted molar refractivity (Wildman–Crippen MR) is 118 cm³/mol. The lowest BCUT2D eigenvalue weighted by atomic mass is 10.1. The average molecular weight is 420 g/mol. The number of imidazole rings is 1. The Balaban J connectivity index is 1.61. The molecule has 0 saturated carbocycles. The van der Waals surface area contributed by atoms with Crippen LogP contribution in [0.2, 0.25) is 0 Å². The smallest absolute Gasteiger partial charge is 0.261 e. The van der Waals surface area contributed by atoms with Crippen molar-refractivity contribution in [3.8, 4) is 0 Å². The molecule has 4 aromatic rings. The van der Waals surface area contributed by atoms with E-state index in [-0.39, 0.29) is 10.7 Å². The maximum atomic E-state index is 12.6. The standard InChI is InChI=1S/C22H21N5O2S/c1-14-11-17(27-30(28,29)18-5-3-2-4-6-18)13-19-21(14)26-20(25-19)12-15-7-9-16(10-8-15)22(23)24/h2-11,13,27H,12H2,1H3,(H3,23,24)(H,25,26). The van der Waals surface area contributed by atoms with Gasteiger partial charge in [0.2, 0.25) is 0 Å². The van der Waals surface area contributed by atoms with Crippen LogP contribution < -0.4 is 10.5 Å². The largest absolute Gasteiger partial charge is 0.384 e. The molecule has 0 unspecified atom stereocenters. The van der Waals surface area contributed by atoms with Crippen LogP contribution in [0.4, 0.5) is 5.69 Å². The van der Waals surface area contributed by atoms with Gasteiger partial charge < -0.3 is 10.7 Å². The Kier molecular flexibility index (Phi) is 5.01. The molecule has 1 aromatic heterocycles. The van der Waals surface area contributed by atoms with E-state index in [9.17, 15) is 8.42 Å². The molecule has 0 radical (unpaired) electrons. The van der Waals surface area contributed by atoms with Crippen molar-refractivity contribution >= 4 is 32.6 Å². The Morgan fingerprint density at radius 1 is 1.10 bits per heavy atom. The van der Waals surface area contributed by atoms with E-state index in [1.165, 1.54) is 0 Å². The second kappa shape index (κ2) is 7.64. The van der Waals surface area contributed by atoms with Gasteiger partial charge in [-0.05, 0) is 42.3 Å². The number of fused-ring (bicyclic) bond motifs is 1. The summed E-state index contributed by atoms with van der Waals surface area (Å²) in [4.78, 5) is 8.15. The van der Waals surface area contributed by atoms with E-state index in [1.807, 2.05) is 31.2 Å². The van der Waals surface area contributed by atoms with Crippen molar-refractivity contribution in [1.29, 1.82) is 5.41 Å². The second-order valence-corrected chi connectivity index (χ2v) is 8.76. The Hall–Kier alpha value is -3.65. The third-order valence-corrected chi connectivity index (χ3v) is 6.17. The molecule has 5 N–H and O–H groups in total. The number of hydrogen-bond donors (Lipinski definition) is 4. The number of aryl methyl sites for hydroxylation is 1. The monoisotopic (exact) mass is 419 g/mol. The van der Waals surface area contributed by atoms with Crippen LogP contribution in [-0.4, -0.2) is 24.2 Å². The van der Waals surface area contributed by atoms with E-state index in [2.05, 4.69) is 14.7 Å². The zero-order valence-corrected chi connectivity index (χ0v) is 17.1. The van der Waals surface area contributed by atoms with E-state index >= 15 is 0 Å². The number of nitrogen functional groups attached to an aromatic ring is 1. The van der Waals surface area contributed by atoms with Gasteiger partial charge in [-0.25, -0.2) is 13.4 Å². The van der Waals surface area contributed by atoms with E-state index in [4.69, 9.17) is 11.1 Å². The van der Waals surface area contributed by atoms with Crippen molar-refractivity contribution in [1.82, 2.24) is 9.97 Å². The lowest BCUT2D eigenvalue weighted by molar-refractivity contribution is 0.601. The first-order chi connectivity index (χ1) is 14.3. The number of anilines is 1. The van der Waals surface area contributed by atoms with Gasteiger partial charge >= 0.3 is 0 Å². The molecule has 0 saturated heterocycles. The molecule has 0 bridgehead atoms. The minimum atomic E-state index is -3.66. The molecule has 0 aliphatic heterocycles. The summed E-state index contributed by atoms with van der Waals surface area (Å²) in [7, 11) is -3.66. The summed E-state index contributed by atoms with van der Waals surface area (Å²) < 4.78 is 27.9. The number of aromatic nitrogens is 2. The third-order valence-electron chi connectivity index (χ3n) is 4.77. The molecular weight excluding hydrogens is 398 g/mol. The minimum absolute atomic E-state index is 0.0337. The van der Waals surface area contributed by atoms with Crippen LogP contribution in [0.25, 0.3) is 11.0 Å². The second-order valence-electron chi connectivity index (χ2n) is 7.08. The molecule has 0 aliphatic rings. The summed E-state index contributed by atoms with van der Waals surface area (Å²) in [5, 5.41) is 7.47. The van der Waals surface area contributed by atoms with E-state index in [0.717, 1.165) is 28.0 Å². The van der Waals surface area contributed by atoms with Crippen molar-refractivity contribution in [3.63, 3.8) is 0 Å². The van der Waals surface area contributed by atoms with Crippen molar-refractivity contribution < 1.29 is 8.42 Å². The first-order valence-electron chi connectivity index (χ1n) is 9.32. The van der Waals surface area contributed by atoms with Crippen molar-refractivity contribution in [2.45, 2.75) is 18.2 Å². The highest BCUT2D eigenvalue weighted by atomic mass is 32.2. The lowest BCUT2D eigenvalue weighted by Crippen LogP contribution is -2.12. The highest BCUT2D eigenvalue weighted by Gasteiger charge is 2.15. The summed E-state index contributed by atoms with van der Waals surface area (Å²) >= 11 is 0. The van der Waals surface area contributed by atoms with Gasteiger partial charge in [-0.2, -0.15) is 0 Å². The molecule has 0 spiro atoms. The summed E-state index contributed by atoms with van der Waals surface area (Å²) in [5.41, 5.74) is 10.1. The lowest BCUT2D eigenvalue weighted by Gasteiger charge is -2.09. The van der Waals surface area contributed by atoms with Gasteiger partial charge in [-0.1, -0.05) is 42.5 Å². The quantitative estimate of drug-likeness (QED) is 0.282. The number of sulfonamides is 1. The molecular formula is C22H21N5O2S. The highest BCUT2D eigenvalue weighted by molar-refractivity contribution is 7.92. The van der Waals surface area contributed by atoms with Crippen LogP contribution in [-0.2, 0) is 16.4 Å². The fourth-order valence-electron chi connectivity index (χ4n) is 3.29. The average Bonchev–Trinajstić information content (AvgIpc) is 3.11. The fraction of sp³-hybridized carbons (Fsp3) is 0.0909. The number of nitrogens with zero attached hydrogens (tertiary/aromatic N) is 1. The summed E-state index contributed by atoms with van der Waals surface area (Å²) in [6, 6.07) is 19.2. The van der Waals surface area contributed by atoms with Gasteiger partial charge in [0, 0.05) is 12.0 Å². The van der Waals surface area contributed by atoms with Crippen LogP contribution in [0, 0.1) is 12.3 Å². The van der Waals surface area contributed by atoms with Crippen LogP contribution in [0.15, 0.2) is 71.6 Å². The van der Waals surface area contributed by atoms with Crippen LogP contribution in [0.1, 0.15) is 22.5 Å². The van der Waals surface area contributed by atoms with Crippen molar-refractivity contribution in [3.05, 3.63) is 89.2 Å². The summed E-state index contributed by atoms with van der Waals surface area (Å²) in [6.45, 7) is 1.90. The van der Waals surface area contributed by atoms with E-state index < -0.39 is 10.0 Å². The van der Waals surface area contributed by atoms with Crippen molar-refractivity contribution in [2.75, 3.05) is 4.72 Å². The van der Waals surface area contributed by atoms with Gasteiger partial charge in [0.15, 0.2) is 0 Å². The Morgan fingerprint density at radius 2 is 1.80 bits per heavy atom.